The Kier molecular flexibility index (Phi) is 17.6. The Morgan fingerprint density at radius 3 is 2.29 bits per heavy atom. The van der Waals surface area contributed by atoms with E-state index in [0.29, 0.717) is 76.9 Å². The molecule has 8 rings (SSSR count). The number of rotatable bonds is 28. The van der Waals surface area contributed by atoms with Gasteiger partial charge in [-0.25, -0.2) is 9.37 Å². The third-order valence-electron chi connectivity index (χ3n) is 14.6. The minimum atomic E-state index is -0.670. The number of nitrogens with zero attached hydrogens (tertiary/aromatic N) is 7. The summed E-state index contributed by atoms with van der Waals surface area (Å²) in [7, 11) is 0. The summed E-state index contributed by atoms with van der Waals surface area (Å²) >= 11 is 1.77. The van der Waals surface area contributed by atoms with Gasteiger partial charge in [-0.2, -0.15) is 0 Å². The number of nitrogens with two attached hydrogens (primary N) is 1. The smallest absolute Gasteiger partial charge is 0.256 e. The standard InChI is InChI=1S/C52H70FN11O7S/c1-4-5-8-18-64-36(3)59-60-48(64)43-12-9-17-63(43)32-44-58-46(35(2)72-44)51-33-52(51,34-51)50(68)57-16-24-70-26-28-71-27-25-69-23-15-56-31-45(65)61-19-21-62(22-20-61)49(67)40-29-37(13-14-41(40)53)30-42(54)38-10-6-7-11-39(38)47(55)66/h6-7,10-11,13-14,29,43,54,56H,4-5,8-9,12,15-28,30-34H2,1-3H3,(H2,55,66)(H,57,68). The normalized spacial score (nSPS) is 20.4. The number of carbonyl (C=O) groups is 4. The summed E-state index contributed by atoms with van der Waals surface area (Å²) < 4.78 is 34.2. The number of amides is 4. The highest BCUT2D eigenvalue weighted by Crippen LogP contribution is 2.86. The number of benzene rings is 2. The number of ether oxygens (including phenoxy) is 3. The van der Waals surface area contributed by atoms with Crippen molar-refractivity contribution >= 4 is 40.7 Å². The van der Waals surface area contributed by atoms with Crippen LogP contribution in [0.5, 0.6) is 0 Å². The third-order valence-corrected chi connectivity index (χ3v) is 15.6. The predicted molar refractivity (Wildman–Crippen MR) is 270 cm³/mol. The SMILES string of the molecule is CCCCCn1c(C)nnc1C1CCCN1Cc1nc(C23CC2(C(=O)NCCOCCOCCOCCNCC(=O)N2CCN(C(=O)c4cc(CC(=N)c5ccccc5C(N)=O)ccc4F)CC2)C3)c(C)s1. The highest BCUT2D eigenvalue weighted by molar-refractivity contribution is 7.11. The Morgan fingerprint density at radius 2 is 1.57 bits per heavy atom. The van der Waals surface area contributed by atoms with E-state index in [2.05, 4.69) is 51.1 Å². The lowest BCUT2D eigenvalue weighted by atomic mass is 9.96. The van der Waals surface area contributed by atoms with Gasteiger partial charge in [0.05, 0.1) is 75.4 Å². The molecule has 1 atom stereocenters. The second-order valence-electron chi connectivity index (χ2n) is 19.4. The molecule has 1 unspecified atom stereocenters. The quantitative estimate of drug-likeness (QED) is 0.0457. The zero-order valence-corrected chi connectivity index (χ0v) is 42.8. The van der Waals surface area contributed by atoms with E-state index >= 15 is 0 Å². The molecule has 5 N–H and O–H groups in total. The van der Waals surface area contributed by atoms with Crippen LogP contribution < -0.4 is 16.4 Å². The molecule has 18 nitrogen and oxygen atoms in total. The van der Waals surface area contributed by atoms with Crippen molar-refractivity contribution in [3.8, 4) is 0 Å². The number of likely N-dealkylation sites (tertiary alicyclic amines) is 1. The van der Waals surface area contributed by atoms with Crippen molar-refractivity contribution in [1.82, 2.24) is 45.1 Å². The average molecular weight is 1010 g/mol. The van der Waals surface area contributed by atoms with Crippen LogP contribution in [0.3, 0.4) is 0 Å². The number of aryl methyl sites for hydroxylation is 2. The fourth-order valence-electron chi connectivity index (χ4n) is 10.4. The summed E-state index contributed by atoms with van der Waals surface area (Å²) in [5, 5.41) is 24.9. The first kappa shape index (κ1) is 52.8. The van der Waals surface area contributed by atoms with Crippen molar-refractivity contribution in [3.05, 3.63) is 97.8 Å². The van der Waals surface area contributed by atoms with Crippen LogP contribution >= 0.6 is 11.3 Å². The van der Waals surface area contributed by atoms with Crippen molar-refractivity contribution in [2.45, 2.75) is 96.7 Å². The summed E-state index contributed by atoms with van der Waals surface area (Å²) in [6.07, 6.45) is 7.52. The second kappa shape index (κ2) is 24.0. The van der Waals surface area contributed by atoms with E-state index in [0.717, 1.165) is 74.1 Å². The average Bonchev–Trinajstić information content (AvgIpc) is 3.93. The third kappa shape index (κ3) is 12.1. The van der Waals surface area contributed by atoms with Gasteiger partial charge in [-0.3, -0.25) is 24.1 Å². The number of hydrogen-bond acceptors (Lipinski definition) is 14. The summed E-state index contributed by atoms with van der Waals surface area (Å²) in [5.41, 5.74) is 7.29. The van der Waals surface area contributed by atoms with E-state index in [1.54, 1.807) is 40.5 Å². The minimum Gasteiger partial charge on any atom is -0.378 e. The predicted octanol–water partition coefficient (Wildman–Crippen LogP) is 4.50. The van der Waals surface area contributed by atoms with Gasteiger partial charge in [-0.05, 0) is 76.3 Å². The second-order valence-corrected chi connectivity index (χ2v) is 20.7. The number of piperazine rings is 1. The van der Waals surface area contributed by atoms with Crippen molar-refractivity contribution in [2.24, 2.45) is 11.1 Å². The molecule has 0 spiro atoms. The lowest BCUT2D eigenvalue weighted by Gasteiger charge is -2.35. The van der Waals surface area contributed by atoms with Gasteiger partial charge in [0, 0.05) is 79.4 Å². The molecule has 72 heavy (non-hydrogen) atoms. The first-order chi connectivity index (χ1) is 34.9. The molecule has 2 saturated heterocycles. The summed E-state index contributed by atoms with van der Waals surface area (Å²) in [5.74, 6) is 0.263. The Bertz CT molecular complexity index is 2570. The minimum absolute atomic E-state index is 0.0748. The van der Waals surface area contributed by atoms with Gasteiger partial charge in [0.1, 0.15) is 22.5 Å². The molecule has 20 heteroatoms. The molecule has 2 saturated carbocycles. The fourth-order valence-corrected chi connectivity index (χ4v) is 11.4. The summed E-state index contributed by atoms with van der Waals surface area (Å²) in [4.78, 5) is 63.5. The van der Waals surface area contributed by atoms with Crippen molar-refractivity contribution < 1.29 is 37.8 Å². The highest BCUT2D eigenvalue weighted by Gasteiger charge is 2.88. The van der Waals surface area contributed by atoms with E-state index in [1.807, 2.05) is 0 Å². The number of aromatic nitrogens is 4. The van der Waals surface area contributed by atoms with Gasteiger partial charge in [-0.1, -0.05) is 44.0 Å². The molecule has 4 fully saturated rings. The molecule has 388 valence electrons. The maximum absolute atomic E-state index is 14.9. The molecule has 4 amide bonds. The maximum atomic E-state index is 14.9. The molecular formula is C52H70FN11O7S. The molecule has 2 aromatic carbocycles. The molecule has 2 aromatic heterocycles. The van der Waals surface area contributed by atoms with E-state index in [9.17, 15) is 23.6 Å². The number of primary amides is 1. The molecule has 4 aliphatic rings. The largest absolute Gasteiger partial charge is 0.378 e. The zero-order chi connectivity index (χ0) is 50.8. The number of thiazole rings is 1. The van der Waals surface area contributed by atoms with E-state index in [4.69, 9.17) is 30.3 Å². The number of nitrogens with one attached hydrogen (secondary N) is 3. The van der Waals surface area contributed by atoms with Crippen LogP contribution in [0.2, 0.25) is 0 Å². The number of carbonyl (C=O) groups excluding carboxylic acids is 4. The van der Waals surface area contributed by atoms with Crippen molar-refractivity contribution in [3.63, 3.8) is 0 Å². The fraction of sp³-hybridized carbons (Fsp3) is 0.577. The number of fused-ring (bicyclic) bond motifs is 1. The lowest BCUT2D eigenvalue weighted by molar-refractivity contribution is -0.131. The topological polar surface area (TPSA) is 223 Å². The Labute approximate surface area is 425 Å². The van der Waals surface area contributed by atoms with Crippen LogP contribution in [0.25, 0.3) is 0 Å². The molecular weight excluding hydrogens is 942 g/mol. The van der Waals surface area contributed by atoms with Crippen molar-refractivity contribution in [1.29, 1.82) is 5.41 Å². The van der Waals surface area contributed by atoms with Crippen LogP contribution in [0.15, 0.2) is 42.5 Å². The molecule has 2 aliphatic heterocycles. The van der Waals surface area contributed by atoms with Crippen molar-refractivity contribution in [2.75, 3.05) is 92.0 Å². The van der Waals surface area contributed by atoms with Crippen LogP contribution in [0, 0.1) is 30.5 Å². The van der Waals surface area contributed by atoms with Gasteiger partial charge in [0.25, 0.3) is 5.91 Å². The van der Waals surface area contributed by atoms with E-state index < -0.39 is 17.6 Å². The van der Waals surface area contributed by atoms with Gasteiger partial charge in [0.15, 0.2) is 0 Å². The van der Waals surface area contributed by atoms with Crippen LogP contribution in [-0.2, 0) is 48.7 Å². The number of halogens is 1. The van der Waals surface area contributed by atoms with Crippen LogP contribution in [-0.4, -0.2) is 156 Å². The summed E-state index contributed by atoms with van der Waals surface area (Å²) in [6, 6.07) is 11.0. The Morgan fingerprint density at radius 1 is 0.875 bits per heavy atom. The van der Waals surface area contributed by atoms with Crippen LogP contribution in [0.1, 0.15) is 117 Å². The Hall–Kier alpha value is -5.51. The number of hydrogen-bond donors (Lipinski definition) is 4. The summed E-state index contributed by atoms with van der Waals surface area (Å²) in [6.45, 7) is 13.8. The monoisotopic (exact) mass is 1010 g/mol. The first-order valence-electron chi connectivity index (χ1n) is 25.5. The highest BCUT2D eigenvalue weighted by atomic mass is 32.1. The molecule has 0 radical (unpaired) electrons. The van der Waals surface area contributed by atoms with Crippen LogP contribution in [0.4, 0.5) is 4.39 Å². The maximum Gasteiger partial charge on any atom is 0.256 e. The Balaban J connectivity index is 0.637. The van der Waals surface area contributed by atoms with Gasteiger partial charge in [-0.15, -0.1) is 21.5 Å². The zero-order valence-electron chi connectivity index (χ0n) is 41.9. The van der Waals surface area contributed by atoms with E-state index in [-0.39, 0.29) is 71.6 Å². The molecule has 4 heterocycles. The van der Waals surface area contributed by atoms with Gasteiger partial charge >= 0.3 is 0 Å². The van der Waals surface area contributed by atoms with Gasteiger partial charge in [0.2, 0.25) is 17.7 Å². The first-order valence-corrected chi connectivity index (χ1v) is 26.3. The van der Waals surface area contributed by atoms with E-state index in [1.165, 1.54) is 40.8 Å². The molecule has 0 bridgehead atoms. The molecule has 2 aliphatic carbocycles. The number of unbranched alkanes of at least 4 members (excludes halogenated alkanes) is 2. The molecule has 4 aromatic rings. The van der Waals surface area contributed by atoms with Gasteiger partial charge < -0.3 is 50.4 Å². The lowest BCUT2D eigenvalue weighted by Crippen LogP contribution is -2.52.